The number of carbonyl (C=O) groups excluding carboxylic acids is 3. The minimum atomic E-state index is -4.71. The summed E-state index contributed by atoms with van der Waals surface area (Å²) in [6.07, 6.45) is -2.36. The Balaban J connectivity index is 1.83. The molecule has 0 spiro atoms. The van der Waals surface area contributed by atoms with Crippen LogP contribution in [0.25, 0.3) is 6.08 Å². The fourth-order valence-electron chi connectivity index (χ4n) is 2.49. The van der Waals surface area contributed by atoms with Gasteiger partial charge in [0.1, 0.15) is 0 Å². The lowest BCUT2D eigenvalue weighted by Crippen LogP contribution is -2.37. The lowest BCUT2D eigenvalue weighted by molar-refractivity contribution is -0.384. The van der Waals surface area contributed by atoms with Crippen LogP contribution in [-0.2, 0) is 25.3 Å². The predicted molar refractivity (Wildman–Crippen MR) is 116 cm³/mol. The maximum absolute atomic E-state index is 12.9. The van der Waals surface area contributed by atoms with Crippen molar-refractivity contribution in [1.82, 2.24) is 4.90 Å². The molecule has 13 heteroatoms. The van der Waals surface area contributed by atoms with Gasteiger partial charge in [0.2, 0.25) is 5.91 Å². The molecule has 2 aromatic carbocycles. The SMILES string of the molecule is CN(CC(=O)Nc1ccc(Cl)c(C(F)(F)F)c1)C(=O)COC(=O)/C=C/c1ccc([N+](=O)[O-])cc1. The van der Waals surface area contributed by atoms with E-state index < -0.39 is 52.6 Å². The highest BCUT2D eigenvalue weighted by Crippen LogP contribution is 2.36. The van der Waals surface area contributed by atoms with Gasteiger partial charge < -0.3 is 15.0 Å². The third-order valence-electron chi connectivity index (χ3n) is 4.22. The van der Waals surface area contributed by atoms with Gasteiger partial charge in [-0.2, -0.15) is 13.2 Å². The Labute approximate surface area is 195 Å². The number of ether oxygens (including phenoxy) is 1. The number of benzene rings is 2. The van der Waals surface area contributed by atoms with Crippen LogP contribution >= 0.6 is 11.6 Å². The van der Waals surface area contributed by atoms with E-state index in [0.717, 1.165) is 17.0 Å². The number of hydrogen-bond donors (Lipinski definition) is 1. The summed E-state index contributed by atoms with van der Waals surface area (Å²) in [5.74, 6) is -2.39. The molecular formula is C21H17ClF3N3O6. The summed E-state index contributed by atoms with van der Waals surface area (Å²) in [6, 6.07) is 8.16. The van der Waals surface area contributed by atoms with Crippen molar-refractivity contribution in [3.05, 3.63) is 74.8 Å². The van der Waals surface area contributed by atoms with Crippen molar-refractivity contribution in [2.45, 2.75) is 6.18 Å². The Hall–Kier alpha value is -3.93. The molecule has 0 aliphatic carbocycles. The molecule has 0 heterocycles. The fraction of sp³-hybridized carbons (Fsp3) is 0.190. The summed E-state index contributed by atoms with van der Waals surface area (Å²) in [7, 11) is 1.24. The molecule has 0 radical (unpaired) electrons. The van der Waals surface area contributed by atoms with Crippen molar-refractivity contribution in [1.29, 1.82) is 0 Å². The topological polar surface area (TPSA) is 119 Å². The van der Waals surface area contributed by atoms with Crippen molar-refractivity contribution in [3.8, 4) is 0 Å². The van der Waals surface area contributed by atoms with Crippen molar-refractivity contribution in [2.75, 3.05) is 25.5 Å². The molecule has 2 aromatic rings. The Kier molecular flexibility index (Phi) is 8.73. The third kappa shape index (κ3) is 7.89. The quantitative estimate of drug-likeness (QED) is 0.254. The molecule has 1 N–H and O–H groups in total. The largest absolute Gasteiger partial charge is 0.452 e. The molecule has 2 amide bonds. The van der Waals surface area contributed by atoms with E-state index in [1.54, 1.807) is 0 Å². The lowest BCUT2D eigenvalue weighted by atomic mass is 10.2. The van der Waals surface area contributed by atoms with Crippen LogP contribution in [0.4, 0.5) is 24.5 Å². The van der Waals surface area contributed by atoms with Gasteiger partial charge in [-0.1, -0.05) is 11.6 Å². The zero-order valence-corrected chi connectivity index (χ0v) is 18.2. The first-order chi connectivity index (χ1) is 15.9. The zero-order chi connectivity index (χ0) is 25.5. The van der Waals surface area contributed by atoms with Gasteiger partial charge in [0.25, 0.3) is 11.6 Å². The number of carbonyl (C=O) groups is 3. The highest BCUT2D eigenvalue weighted by atomic mass is 35.5. The fourth-order valence-corrected chi connectivity index (χ4v) is 2.71. The first-order valence-electron chi connectivity index (χ1n) is 9.36. The normalized spacial score (nSPS) is 11.2. The molecule has 180 valence electrons. The van der Waals surface area contributed by atoms with Crippen LogP contribution in [0, 0.1) is 10.1 Å². The highest BCUT2D eigenvalue weighted by Gasteiger charge is 2.33. The number of hydrogen-bond acceptors (Lipinski definition) is 6. The Morgan fingerprint density at radius 2 is 1.82 bits per heavy atom. The molecule has 0 fully saturated rings. The number of nitrogens with one attached hydrogen (secondary N) is 1. The van der Waals surface area contributed by atoms with E-state index in [2.05, 4.69) is 5.32 Å². The molecule has 0 atom stereocenters. The van der Waals surface area contributed by atoms with Gasteiger partial charge in [-0.3, -0.25) is 19.7 Å². The number of halogens is 4. The summed E-state index contributed by atoms with van der Waals surface area (Å²) < 4.78 is 43.5. The van der Waals surface area contributed by atoms with Crippen LogP contribution in [0.15, 0.2) is 48.5 Å². The van der Waals surface area contributed by atoms with Crippen LogP contribution in [0.1, 0.15) is 11.1 Å². The van der Waals surface area contributed by atoms with Crippen molar-refractivity contribution < 1.29 is 37.2 Å². The van der Waals surface area contributed by atoms with E-state index in [-0.39, 0.29) is 11.4 Å². The number of likely N-dealkylation sites (N-methyl/N-ethyl adjacent to an activating group) is 1. The molecule has 0 unspecified atom stereocenters. The Morgan fingerprint density at radius 3 is 2.41 bits per heavy atom. The molecule has 9 nitrogen and oxygen atoms in total. The number of nitro groups is 1. The maximum atomic E-state index is 12.9. The summed E-state index contributed by atoms with van der Waals surface area (Å²) >= 11 is 5.52. The number of rotatable bonds is 8. The zero-order valence-electron chi connectivity index (χ0n) is 17.5. The minimum Gasteiger partial charge on any atom is -0.452 e. The second-order valence-electron chi connectivity index (χ2n) is 6.78. The van der Waals surface area contributed by atoms with Gasteiger partial charge in [-0.25, -0.2) is 4.79 Å². The predicted octanol–water partition coefficient (Wildman–Crippen LogP) is 3.92. The summed E-state index contributed by atoms with van der Waals surface area (Å²) in [6.45, 7) is -1.20. The van der Waals surface area contributed by atoms with Gasteiger partial charge in [-0.05, 0) is 42.0 Å². The molecule has 0 aliphatic rings. The van der Waals surface area contributed by atoms with E-state index >= 15 is 0 Å². The summed E-state index contributed by atoms with van der Waals surface area (Å²) in [5, 5.41) is 12.3. The van der Waals surface area contributed by atoms with E-state index in [9.17, 15) is 37.7 Å². The van der Waals surface area contributed by atoms with Gasteiger partial charge in [0.05, 0.1) is 22.1 Å². The molecule has 34 heavy (non-hydrogen) atoms. The van der Waals surface area contributed by atoms with Crippen molar-refractivity contribution in [3.63, 3.8) is 0 Å². The monoisotopic (exact) mass is 499 g/mol. The Bertz CT molecular complexity index is 1120. The van der Waals surface area contributed by atoms with Crippen LogP contribution in [0.5, 0.6) is 0 Å². The number of alkyl halides is 3. The van der Waals surface area contributed by atoms with E-state index in [4.69, 9.17) is 16.3 Å². The number of nitrogens with zero attached hydrogens (tertiary/aromatic N) is 2. The van der Waals surface area contributed by atoms with Crippen molar-refractivity contribution in [2.24, 2.45) is 0 Å². The number of anilines is 1. The van der Waals surface area contributed by atoms with E-state index in [1.165, 1.54) is 43.5 Å². The highest BCUT2D eigenvalue weighted by molar-refractivity contribution is 6.31. The third-order valence-corrected chi connectivity index (χ3v) is 4.55. The first kappa shape index (κ1) is 26.3. The van der Waals surface area contributed by atoms with Crippen LogP contribution < -0.4 is 5.32 Å². The number of esters is 1. The van der Waals surface area contributed by atoms with Crippen LogP contribution in [-0.4, -0.2) is 47.8 Å². The molecule has 0 saturated carbocycles. The van der Waals surface area contributed by atoms with Gasteiger partial charge in [-0.15, -0.1) is 0 Å². The van der Waals surface area contributed by atoms with E-state index in [0.29, 0.717) is 11.6 Å². The summed E-state index contributed by atoms with van der Waals surface area (Å²) in [4.78, 5) is 46.8. The van der Waals surface area contributed by atoms with E-state index in [1.807, 2.05) is 0 Å². The number of non-ortho nitro benzene ring substituents is 1. The minimum absolute atomic E-state index is 0.116. The molecule has 0 aliphatic heterocycles. The molecular weight excluding hydrogens is 483 g/mol. The average Bonchev–Trinajstić information content (AvgIpc) is 2.76. The molecule has 2 rings (SSSR count). The van der Waals surface area contributed by atoms with Gasteiger partial charge in [0, 0.05) is 30.9 Å². The maximum Gasteiger partial charge on any atom is 0.417 e. The van der Waals surface area contributed by atoms with Crippen LogP contribution in [0.3, 0.4) is 0 Å². The first-order valence-corrected chi connectivity index (χ1v) is 9.74. The summed E-state index contributed by atoms with van der Waals surface area (Å²) in [5.41, 5.74) is -0.914. The average molecular weight is 500 g/mol. The van der Waals surface area contributed by atoms with Gasteiger partial charge >= 0.3 is 12.1 Å². The number of nitro benzene ring substituents is 1. The number of amides is 2. The standard InChI is InChI=1S/C21H17ClF3N3O6/c1-27(11-18(29)26-14-5-8-17(22)16(10-14)21(23,24)25)19(30)12-34-20(31)9-4-13-2-6-15(7-3-13)28(32)33/h2-10H,11-12H2,1H3,(H,26,29)/b9-4+. The molecule has 0 bridgehead atoms. The smallest absolute Gasteiger partial charge is 0.417 e. The van der Waals surface area contributed by atoms with Crippen molar-refractivity contribution >= 4 is 46.8 Å². The van der Waals surface area contributed by atoms with Crippen LogP contribution in [0.2, 0.25) is 5.02 Å². The second-order valence-corrected chi connectivity index (χ2v) is 7.19. The molecule has 0 aromatic heterocycles. The molecule has 0 saturated heterocycles. The Morgan fingerprint density at radius 1 is 1.18 bits per heavy atom. The van der Waals surface area contributed by atoms with Gasteiger partial charge in [0.15, 0.2) is 6.61 Å². The second kappa shape index (κ2) is 11.3. The lowest BCUT2D eigenvalue weighted by Gasteiger charge is -2.17.